The summed E-state index contributed by atoms with van der Waals surface area (Å²) in [6.07, 6.45) is -6.46. The van der Waals surface area contributed by atoms with Crippen molar-refractivity contribution in [3.63, 3.8) is 0 Å². The Morgan fingerprint density at radius 3 is 2.47 bits per heavy atom. The van der Waals surface area contributed by atoms with Crippen molar-refractivity contribution in [2.24, 2.45) is 0 Å². The number of carbonyl (C=O) groups is 1. The lowest BCUT2D eigenvalue weighted by atomic mass is 10.2. The van der Waals surface area contributed by atoms with Crippen LogP contribution in [0.4, 0.5) is 13.2 Å². The van der Waals surface area contributed by atoms with Gasteiger partial charge in [0.05, 0.1) is 5.56 Å². The molecule has 4 nitrogen and oxygen atoms in total. The van der Waals surface area contributed by atoms with Gasteiger partial charge in [-0.25, -0.2) is 4.79 Å². The molecule has 7 heteroatoms. The largest absolute Gasteiger partial charge is 0.490 e. The molecule has 0 aliphatic rings. The van der Waals surface area contributed by atoms with E-state index in [0.717, 1.165) is 12.1 Å². The molecule has 0 fully saturated rings. The van der Waals surface area contributed by atoms with Crippen molar-refractivity contribution < 1.29 is 32.9 Å². The molecule has 1 aromatic carbocycles. The second-order valence-corrected chi connectivity index (χ2v) is 3.16. The van der Waals surface area contributed by atoms with Crippen LogP contribution in [0.15, 0.2) is 24.3 Å². The molecule has 1 unspecified atom stereocenters. The van der Waals surface area contributed by atoms with E-state index in [2.05, 4.69) is 4.74 Å². The van der Waals surface area contributed by atoms with Crippen molar-refractivity contribution in [1.29, 1.82) is 0 Å². The highest BCUT2D eigenvalue weighted by molar-refractivity contribution is 5.72. The molecule has 0 spiro atoms. The Balaban J connectivity index is 2.81. The van der Waals surface area contributed by atoms with Crippen LogP contribution in [-0.4, -0.2) is 28.9 Å². The molecule has 1 aromatic rings. The Hall–Kier alpha value is -1.76. The molecular formula is C10H9F3O4. The number of ether oxygens (including phenoxy) is 1. The molecule has 0 radical (unpaired) electrons. The van der Waals surface area contributed by atoms with Crippen molar-refractivity contribution in [3.8, 4) is 5.75 Å². The maximum atomic E-state index is 12.5. The number of halogens is 3. The minimum Gasteiger partial charge on any atom is -0.490 e. The predicted octanol–water partition coefficient (Wildman–Crippen LogP) is 1.53. The monoisotopic (exact) mass is 250 g/mol. The number of alkyl halides is 3. The van der Waals surface area contributed by atoms with E-state index in [-0.39, 0.29) is 0 Å². The highest BCUT2D eigenvalue weighted by Gasteiger charge is 2.34. The predicted molar refractivity (Wildman–Crippen MR) is 50.6 cm³/mol. The fourth-order valence-electron chi connectivity index (χ4n) is 1.07. The van der Waals surface area contributed by atoms with Gasteiger partial charge in [0.25, 0.3) is 0 Å². The third kappa shape index (κ3) is 3.63. The second-order valence-electron chi connectivity index (χ2n) is 3.16. The summed E-state index contributed by atoms with van der Waals surface area (Å²) in [7, 11) is 0. The fourth-order valence-corrected chi connectivity index (χ4v) is 1.07. The van der Waals surface area contributed by atoms with E-state index < -0.39 is 36.2 Å². The molecule has 0 bridgehead atoms. The van der Waals surface area contributed by atoms with E-state index in [9.17, 15) is 18.0 Å². The van der Waals surface area contributed by atoms with Crippen LogP contribution < -0.4 is 4.74 Å². The first kappa shape index (κ1) is 13.3. The summed E-state index contributed by atoms with van der Waals surface area (Å²) in [5.41, 5.74) is -1.02. The summed E-state index contributed by atoms with van der Waals surface area (Å²) in [6, 6.07) is 4.36. The molecule has 2 N–H and O–H groups in total. The molecule has 0 aliphatic heterocycles. The minimum absolute atomic E-state index is 0.514. The number of aliphatic hydroxyl groups excluding tert-OH is 1. The molecule has 17 heavy (non-hydrogen) atoms. The lowest BCUT2D eigenvalue weighted by molar-refractivity contribution is -0.148. The van der Waals surface area contributed by atoms with Gasteiger partial charge in [-0.15, -0.1) is 0 Å². The average Bonchev–Trinajstić information content (AvgIpc) is 2.24. The van der Waals surface area contributed by atoms with Crippen molar-refractivity contribution >= 4 is 5.97 Å². The molecule has 0 aliphatic carbocycles. The number of aliphatic carboxylic acids is 1. The van der Waals surface area contributed by atoms with E-state index in [1.807, 2.05) is 0 Å². The molecule has 0 saturated carbocycles. The molecule has 0 saturated heterocycles. The summed E-state index contributed by atoms with van der Waals surface area (Å²) in [6.45, 7) is -0.748. The van der Waals surface area contributed by atoms with Crippen molar-refractivity contribution in [2.75, 3.05) is 6.61 Å². The number of carboxylic acids is 1. The first-order valence-corrected chi connectivity index (χ1v) is 4.52. The molecular weight excluding hydrogens is 241 g/mol. The summed E-state index contributed by atoms with van der Waals surface area (Å²) in [5.74, 6) is -2.07. The van der Waals surface area contributed by atoms with Crippen LogP contribution in [0.2, 0.25) is 0 Å². The summed E-state index contributed by atoms with van der Waals surface area (Å²) >= 11 is 0. The van der Waals surface area contributed by atoms with Gasteiger partial charge in [0.1, 0.15) is 12.4 Å². The zero-order chi connectivity index (χ0) is 13.1. The van der Waals surface area contributed by atoms with Crippen LogP contribution in [-0.2, 0) is 11.0 Å². The lowest BCUT2D eigenvalue weighted by Crippen LogP contribution is -2.27. The first-order valence-electron chi connectivity index (χ1n) is 4.52. The Kier molecular flexibility index (Phi) is 3.95. The Morgan fingerprint density at radius 2 is 1.94 bits per heavy atom. The fraction of sp³-hybridized carbons (Fsp3) is 0.300. The smallest absolute Gasteiger partial charge is 0.419 e. The zero-order valence-electron chi connectivity index (χ0n) is 8.44. The molecule has 0 aromatic heterocycles. The number of rotatable bonds is 4. The topological polar surface area (TPSA) is 66.8 Å². The van der Waals surface area contributed by atoms with Crippen LogP contribution in [0.5, 0.6) is 5.75 Å². The summed E-state index contributed by atoms with van der Waals surface area (Å²) < 4.78 is 42.1. The van der Waals surface area contributed by atoms with Gasteiger partial charge in [0, 0.05) is 0 Å². The number of benzene rings is 1. The SMILES string of the molecule is O=C(O)C(O)COc1ccccc1C(F)(F)F. The van der Waals surface area contributed by atoms with E-state index in [4.69, 9.17) is 10.2 Å². The third-order valence-electron chi connectivity index (χ3n) is 1.87. The average molecular weight is 250 g/mol. The van der Waals surface area contributed by atoms with E-state index >= 15 is 0 Å². The van der Waals surface area contributed by atoms with Gasteiger partial charge in [-0.2, -0.15) is 13.2 Å². The van der Waals surface area contributed by atoms with Crippen LogP contribution in [0, 0.1) is 0 Å². The second kappa shape index (κ2) is 5.05. The van der Waals surface area contributed by atoms with Crippen LogP contribution in [0.25, 0.3) is 0 Å². The molecule has 0 heterocycles. The van der Waals surface area contributed by atoms with Gasteiger partial charge in [0.2, 0.25) is 0 Å². The van der Waals surface area contributed by atoms with Gasteiger partial charge in [-0.1, -0.05) is 12.1 Å². The minimum atomic E-state index is -4.59. The Labute approximate surface area is 94.3 Å². The standard InChI is InChI=1S/C10H9F3O4/c11-10(12,13)6-3-1-2-4-8(6)17-5-7(14)9(15)16/h1-4,7,14H,5H2,(H,15,16). The molecule has 1 rings (SSSR count). The van der Waals surface area contributed by atoms with E-state index in [1.165, 1.54) is 12.1 Å². The third-order valence-corrected chi connectivity index (χ3v) is 1.87. The van der Waals surface area contributed by atoms with Crippen LogP contribution in [0.3, 0.4) is 0 Å². The van der Waals surface area contributed by atoms with Crippen molar-refractivity contribution in [2.45, 2.75) is 12.3 Å². The number of hydrogen-bond donors (Lipinski definition) is 2. The number of para-hydroxylation sites is 1. The quantitative estimate of drug-likeness (QED) is 0.850. The maximum absolute atomic E-state index is 12.5. The normalized spacial score (nSPS) is 13.2. The Bertz CT molecular complexity index is 403. The number of carboxylic acid groups (broad SMARTS) is 1. The highest BCUT2D eigenvalue weighted by Crippen LogP contribution is 2.35. The van der Waals surface area contributed by atoms with Gasteiger partial charge < -0.3 is 14.9 Å². The summed E-state index contributed by atoms with van der Waals surface area (Å²) in [4.78, 5) is 10.3. The Morgan fingerprint density at radius 1 is 1.35 bits per heavy atom. The highest BCUT2D eigenvalue weighted by atomic mass is 19.4. The molecule has 94 valence electrons. The van der Waals surface area contributed by atoms with Crippen LogP contribution in [0.1, 0.15) is 5.56 Å². The van der Waals surface area contributed by atoms with Gasteiger partial charge in [-0.3, -0.25) is 0 Å². The molecule has 0 amide bonds. The number of hydrogen-bond acceptors (Lipinski definition) is 3. The van der Waals surface area contributed by atoms with Crippen molar-refractivity contribution in [1.82, 2.24) is 0 Å². The lowest BCUT2D eigenvalue weighted by Gasteiger charge is -2.14. The van der Waals surface area contributed by atoms with E-state index in [0.29, 0.717) is 0 Å². The van der Waals surface area contributed by atoms with Gasteiger partial charge in [0.15, 0.2) is 6.10 Å². The van der Waals surface area contributed by atoms with Gasteiger partial charge >= 0.3 is 12.1 Å². The van der Waals surface area contributed by atoms with Gasteiger partial charge in [-0.05, 0) is 12.1 Å². The van der Waals surface area contributed by atoms with E-state index in [1.54, 1.807) is 0 Å². The first-order chi connectivity index (χ1) is 7.82. The summed E-state index contributed by atoms with van der Waals surface area (Å²) in [5, 5.41) is 17.2. The maximum Gasteiger partial charge on any atom is 0.419 e. The zero-order valence-corrected chi connectivity index (χ0v) is 8.44. The molecule has 1 atom stereocenters. The van der Waals surface area contributed by atoms with Crippen LogP contribution >= 0.6 is 0 Å². The van der Waals surface area contributed by atoms with Crippen molar-refractivity contribution in [3.05, 3.63) is 29.8 Å². The number of aliphatic hydroxyl groups is 1.